The Hall–Kier alpha value is -1.46. The van der Waals surface area contributed by atoms with Gasteiger partial charge in [0.1, 0.15) is 0 Å². The molecule has 1 unspecified atom stereocenters. The van der Waals surface area contributed by atoms with Crippen LogP contribution in [0.1, 0.15) is 32.1 Å². The number of hydrogen-bond donors (Lipinski definition) is 2. The van der Waals surface area contributed by atoms with Crippen LogP contribution < -0.4 is 20.5 Å². The number of carbonyl (C=O) groups is 1. The van der Waals surface area contributed by atoms with Gasteiger partial charge in [0, 0.05) is 12.6 Å². The molecule has 0 spiro atoms. The van der Waals surface area contributed by atoms with Crippen LogP contribution in [0.3, 0.4) is 0 Å². The standard InChI is InChI=1S/C17H26N2O3.ClH/c1-21-15-9-5-6-10-16(15)22-12-17(20)19-14(11-18)13-7-3-2-4-8-13;/h5-6,9-10,13-14H,2-4,7-8,11-12,18H2,1H3,(H,19,20);1H. The van der Waals surface area contributed by atoms with E-state index in [4.69, 9.17) is 15.2 Å². The molecule has 0 radical (unpaired) electrons. The monoisotopic (exact) mass is 342 g/mol. The molecule has 0 saturated heterocycles. The SMILES string of the molecule is COc1ccccc1OCC(=O)NC(CN)C1CCCCC1.Cl. The van der Waals surface area contributed by atoms with Gasteiger partial charge in [-0.3, -0.25) is 4.79 Å². The first-order chi connectivity index (χ1) is 10.7. The first-order valence-corrected chi connectivity index (χ1v) is 8.00. The van der Waals surface area contributed by atoms with E-state index >= 15 is 0 Å². The van der Waals surface area contributed by atoms with E-state index in [1.807, 2.05) is 12.1 Å². The Morgan fingerprint density at radius 3 is 2.52 bits per heavy atom. The molecular weight excluding hydrogens is 316 g/mol. The minimum absolute atomic E-state index is 0. The average molecular weight is 343 g/mol. The molecular formula is C17H27ClN2O3. The van der Waals surface area contributed by atoms with Gasteiger partial charge in [0.15, 0.2) is 18.1 Å². The maximum atomic E-state index is 12.1. The molecule has 1 aliphatic carbocycles. The number of ether oxygens (including phenoxy) is 2. The Kier molecular flexibility index (Phi) is 8.81. The van der Waals surface area contributed by atoms with Crippen LogP contribution in [0.4, 0.5) is 0 Å². The van der Waals surface area contributed by atoms with Crippen molar-refractivity contribution in [3.05, 3.63) is 24.3 Å². The first kappa shape index (κ1) is 19.6. The minimum atomic E-state index is -0.132. The van der Waals surface area contributed by atoms with Crippen molar-refractivity contribution in [2.45, 2.75) is 38.1 Å². The van der Waals surface area contributed by atoms with Crippen molar-refractivity contribution in [3.63, 3.8) is 0 Å². The predicted octanol–water partition coefficient (Wildman–Crippen LogP) is 2.52. The molecule has 6 heteroatoms. The van der Waals surface area contributed by atoms with Gasteiger partial charge in [-0.1, -0.05) is 31.4 Å². The second-order valence-electron chi connectivity index (χ2n) is 5.75. The summed E-state index contributed by atoms with van der Waals surface area (Å²) < 4.78 is 10.7. The quantitative estimate of drug-likeness (QED) is 0.798. The Labute approximate surface area is 144 Å². The van der Waals surface area contributed by atoms with Gasteiger partial charge in [0.05, 0.1) is 7.11 Å². The summed E-state index contributed by atoms with van der Waals surface area (Å²) in [6, 6.07) is 7.35. The molecule has 3 N–H and O–H groups in total. The maximum absolute atomic E-state index is 12.1. The molecule has 1 aliphatic rings. The zero-order chi connectivity index (χ0) is 15.8. The maximum Gasteiger partial charge on any atom is 0.258 e. The van der Waals surface area contributed by atoms with E-state index in [0.717, 1.165) is 12.8 Å². The van der Waals surface area contributed by atoms with Gasteiger partial charge >= 0.3 is 0 Å². The first-order valence-electron chi connectivity index (χ1n) is 8.00. The highest BCUT2D eigenvalue weighted by Gasteiger charge is 2.24. The molecule has 1 aromatic carbocycles. The van der Waals surface area contributed by atoms with Gasteiger partial charge < -0.3 is 20.5 Å². The molecule has 2 rings (SSSR count). The molecule has 23 heavy (non-hydrogen) atoms. The van der Waals surface area contributed by atoms with Gasteiger partial charge in [-0.05, 0) is 30.9 Å². The van der Waals surface area contributed by atoms with Gasteiger partial charge in [0.2, 0.25) is 0 Å². The van der Waals surface area contributed by atoms with Crippen LogP contribution in [0.15, 0.2) is 24.3 Å². The second kappa shape index (κ2) is 10.3. The van der Waals surface area contributed by atoms with Crippen LogP contribution in [0, 0.1) is 5.92 Å². The largest absolute Gasteiger partial charge is 0.493 e. The Balaban J connectivity index is 0.00000264. The number of rotatable bonds is 7. The number of amides is 1. The van der Waals surface area contributed by atoms with Crippen LogP contribution in [-0.2, 0) is 4.79 Å². The number of hydrogen-bond acceptors (Lipinski definition) is 4. The van der Waals surface area contributed by atoms with Crippen LogP contribution >= 0.6 is 12.4 Å². The lowest BCUT2D eigenvalue weighted by molar-refractivity contribution is -0.124. The number of benzene rings is 1. The highest BCUT2D eigenvalue weighted by Crippen LogP contribution is 2.27. The Morgan fingerprint density at radius 2 is 1.91 bits per heavy atom. The lowest BCUT2D eigenvalue weighted by Crippen LogP contribution is -2.47. The summed E-state index contributed by atoms with van der Waals surface area (Å²) >= 11 is 0. The summed E-state index contributed by atoms with van der Waals surface area (Å²) in [6.45, 7) is 0.453. The van der Waals surface area contributed by atoms with Crippen LogP contribution in [0.5, 0.6) is 11.5 Å². The van der Waals surface area contributed by atoms with Crippen molar-refractivity contribution >= 4 is 18.3 Å². The fourth-order valence-electron chi connectivity index (χ4n) is 3.04. The van der Waals surface area contributed by atoms with Crippen LogP contribution in [0.2, 0.25) is 0 Å². The van der Waals surface area contributed by atoms with Crippen molar-refractivity contribution < 1.29 is 14.3 Å². The van der Waals surface area contributed by atoms with E-state index < -0.39 is 0 Å². The fraction of sp³-hybridized carbons (Fsp3) is 0.588. The highest BCUT2D eigenvalue weighted by atomic mass is 35.5. The van der Waals surface area contributed by atoms with Gasteiger partial charge in [0.25, 0.3) is 5.91 Å². The molecule has 0 aliphatic heterocycles. The third-order valence-corrected chi connectivity index (χ3v) is 4.25. The van der Waals surface area contributed by atoms with Crippen molar-refractivity contribution in [2.24, 2.45) is 11.7 Å². The predicted molar refractivity (Wildman–Crippen MR) is 93.3 cm³/mol. The molecule has 1 fully saturated rings. The summed E-state index contributed by atoms with van der Waals surface area (Å²) in [6.07, 6.45) is 6.05. The molecule has 1 saturated carbocycles. The van der Waals surface area contributed by atoms with Crippen molar-refractivity contribution in [1.29, 1.82) is 0 Å². The fourth-order valence-corrected chi connectivity index (χ4v) is 3.04. The molecule has 1 atom stereocenters. The van der Waals surface area contributed by atoms with E-state index in [1.165, 1.54) is 19.3 Å². The summed E-state index contributed by atoms with van der Waals surface area (Å²) in [5, 5.41) is 3.01. The molecule has 5 nitrogen and oxygen atoms in total. The normalized spacial score (nSPS) is 16.1. The van der Waals surface area contributed by atoms with E-state index in [-0.39, 0.29) is 31.0 Å². The summed E-state index contributed by atoms with van der Waals surface area (Å²) in [5.74, 6) is 1.56. The summed E-state index contributed by atoms with van der Waals surface area (Å²) in [7, 11) is 1.58. The topological polar surface area (TPSA) is 73.6 Å². The number of halogens is 1. The zero-order valence-corrected chi connectivity index (χ0v) is 14.4. The Bertz CT molecular complexity index is 479. The lowest BCUT2D eigenvalue weighted by Gasteiger charge is -2.30. The second-order valence-corrected chi connectivity index (χ2v) is 5.75. The number of methoxy groups -OCH3 is 1. The van der Waals surface area contributed by atoms with Crippen molar-refractivity contribution in [1.82, 2.24) is 5.32 Å². The molecule has 0 aromatic heterocycles. The highest BCUT2D eigenvalue weighted by molar-refractivity contribution is 5.85. The molecule has 1 aromatic rings. The van der Waals surface area contributed by atoms with Gasteiger partial charge in [-0.15, -0.1) is 12.4 Å². The average Bonchev–Trinajstić information content (AvgIpc) is 2.58. The smallest absolute Gasteiger partial charge is 0.258 e. The minimum Gasteiger partial charge on any atom is -0.493 e. The zero-order valence-electron chi connectivity index (χ0n) is 13.6. The van der Waals surface area contributed by atoms with Crippen molar-refractivity contribution in [2.75, 3.05) is 20.3 Å². The number of para-hydroxylation sites is 2. The lowest BCUT2D eigenvalue weighted by atomic mass is 9.84. The van der Waals surface area contributed by atoms with Crippen molar-refractivity contribution in [3.8, 4) is 11.5 Å². The number of nitrogens with one attached hydrogen (secondary N) is 1. The van der Waals surface area contributed by atoms with Crippen LogP contribution in [-0.4, -0.2) is 32.2 Å². The van der Waals surface area contributed by atoms with E-state index in [1.54, 1.807) is 19.2 Å². The number of carbonyl (C=O) groups excluding carboxylic acids is 1. The summed E-state index contributed by atoms with van der Waals surface area (Å²) in [5.41, 5.74) is 5.83. The third kappa shape index (κ3) is 5.92. The number of nitrogens with two attached hydrogens (primary N) is 1. The van der Waals surface area contributed by atoms with E-state index in [9.17, 15) is 4.79 Å². The molecule has 130 valence electrons. The van der Waals surface area contributed by atoms with E-state index in [0.29, 0.717) is 24.0 Å². The molecule has 1 amide bonds. The van der Waals surface area contributed by atoms with Gasteiger partial charge in [-0.25, -0.2) is 0 Å². The summed E-state index contributed by atoms with van der Waals surface area (Å²) in [4.78, 5) is 12.1. The molecule has 0 heterocycles. The van der Waals surface area contributed by atoms with Gasteiger partial charge in [-0.2, -0.15) is 0 Å². The van der Waals surface area contributed by atoms with E-state index in [2.05, 4.69) is 5.32 Å². The third-order valence-electron chi connectivity index (χ3n) is 4.25. The molecule has 0 bridgehead atoms. The van der Waals surface area contributed by atoms with Crippen LogP contribution in [0.25, 0.3) is 0 Å². The Morgan fingerprint density at radius 1 is 1.26 bits per heavy atom.